The summed E-state index contributed by atoms with van der Waals surface area (Å²) in [6.45, 7) is 5.80. The fourth-order valence-corrected chi connectivity index (χ4v) is 2.72. The lowest BCUT2D eigenvalue weighted by atomic mass is 10.0. The lowest BCUT2D eigenvalue weighted by Gasteiger charge is -2.08. The number of aliphatic imine (C=N–C) groups is 1. The molecule has 25 heavy (non-hydrogen) atoms. The molecule has 3 nitrogen and oxygen atoms in total. The SMILES string of the molecule is C=C(C)/C=C(\C=NC)c1cccn2c(-c3cc(F)ccc3F)ncc12. The number of rotatable bonds is 4. The lowest BCUT2D eigenvalue weighted by Crippen LogP contribution is -1.96. The maximum atomic E-state index is 14.1. The van der Waals surface area contributed by atoms with E-state index < -0.39 is 11.6 Å². The first-order valence-electron chi connectivity index (χ1n) is 7.72. The highest BCUT2D eigenvalue weighted by molar-refractivity contribution is 6.13. The summed E-state index contributed by atoms with van der Waals surface area (Å²) in [6.07, 6.45) is 7.06. The van der Waals surface area contributed by atoms with Gasteiger partial charge in [0.1, 0.15) is 17.5 Å². The molecule has 0 fully saturated rings. The van der Waals surface area contributed by atoms with Gasteiger partial charge in [-0.3, -0.25) is 9.39 Å². The highest BCUT2D eigenvalue weighted by Crippen LogP contribution is 2.27. The summed E-state index contributed by atoms with van der Waals surface area (Å²) in [5, 5.41) is 0. The Balaban J connectivity index is 2.25. The Morgan fingerprint density at radius 2 is 2.08 bits per heavy atom. The molecule has 5 heteroatoms. The van der Waals surface area contributed by atoms with Crippen LogP contribution in [0.25, 0.3) is 22.5 Å². The number of fused-ring (bicyclic) bond motifs is 1. The van der Waals surface area contributed by atoms with E-state index in [1.807, 2.05) is 25.1 Å². The molecule has 2 heterocycles. The van der Waals surface area contributed by atoms with E-state index >= 15 is 0 Å². The predicted molar refractivity (Wildman–Crippen MR) is 97.8 cm³/mol. The van der Waals surface area contributed by atoms with Crippen LogP contribution in [0.15, 0.2) is 65.9 Å². The fraction of sp³-hybridized carbons (Fsp3) is 0.100. The van der Waals surface area contributed by atoms with Crippen molar-refractivity contribution in [2.24, 2.45) is 4.99 Å². The van der Waals surface area contributed by atoms with E-state index in [1.54, 1.807) is 30.1 Å². The number of nitrogens with zero attached hydrogens (tertiary/aromatic N) is 3. The second kappa shape index (κ2) is 6.81. The zero-order chi connectivity index (χ0) is 18.0. The molecule has 0 saturated heterocycles. The average molecular weight is 337 g/mol. The lowest BCUT2D eigenvalue weighted by molar-refractivity contribution is 0.602. The van der Waals surface area contributed by atoms with E-state index in [2.05, 4.69) is 16.6 Å². The second-order valence-electron chi connectivity index (χ2n) is 5.72. The summed E-state index contributed by atoms with van der Waals surface area (Å²) in [7, 11) is 1.69. The first-order valence-corrected chi connectivity index (χ1v) is 7.72. The van der Waals surface area contributed by atoms with Gasteiger partial charge in [-0.05, 0) is 31.2 Å². The molecule has 0 unspecified atom stereocenters. The van der Waals surface area contributed by atoms with Crippen molar-refractivity contribution >= 4 is 17.3 Å². The van der Waals surface area contributed by atoms with E-state index in [1.165, 1.54) is 0 Å². The Labute approximate surface area is 144 Å². The molecule has 3 aromatic rings. The Hall–Kier alpha value is -3.08. The van der Waals surface area contributed by atoms with Gasteiger partial charge in [-0.15, -0.1) is 0 Å². The van der Waals surface area contributed by atoms with E-state index in [0.29, 0.717) is 5.82 Å². The molecule has 2 aromatic heterocycles. The Bertz CT molecular complexity index is 1010. The van der Waals surface area contributed by atoms with Crippen LogP contribution in [0.5, 0.6) is 0 Å². The highest BCUT2D eigenvalue weighted by atomic mass is 19.1. The normalized spacial score (nSPS) is 12.2. The van der Waals surface area contributed by atoms with Gasteiger partial charge in [0.15, 0.2) is 0 Å². The summed E-state index contributed by atoms with van der Waals surface area (Å²) in [5.41, 5.74) is 3.52. The fourth-order valence-electron chi connectivity index (χ4n) is 2.72. The van der Waals surface area contributed by atoms with Gasteiger partial charge in [0.2, 0.25) is 0 Å². The highest BCUT2D eigenvalue weighted by Gasteiger charge is 2.15. The van der Waals surface area contributed by atoms with Crippen LogP contribution in [-0.4, -0.2) is 22.6 Å². The number of benzene rings is 1. The molecule has 1 aromatic carbocycles. The van der Waals surface area contributed by atoms with E-state index in [-0.39, 0.29) is 5.56 Å². The van der Waals surface area contributed by atoms with Crippen molar-refractivity contribution in [3.05, 3.63) is 78.2 Å². The van der Waals surface area contributed by atoms with Crippen molar-refractivity contribution in [1.82, 2.24) is 9.38 Å². The standard InChI is InChI=1S/C20H17F2N3/c1-13(2)9-14(11-23-3)16-5-4-8-25-19(16)12-24-20(25)17-10-15(21)6-7-18(17)22/h4-12H,1H2,2-3H3/b14-9+,23-11?. The van der Waals surface area contributed by atoms with Crippen LogP contribution in [0.1, 0.15) is 12.5 Å². The molecule has 0 saturated carbocycles. The third-order valence-corrected chi connectivity index (χ3v) is 3.72. The third kappa shape index (κ3) is 3.26. The number of hydrogen-bond acceptors (Lipinski definition) is 2. The molecule has 3 rings (SSSR count). The summed E-state index contributed by atoms with van der Waals surface area (Å²) in [5.74, 6) is -0.686. The van der Waals surface area contributed by atoms with Gasteiger partial charge < -0.3 is 0 Å². The van der Waals surface area contributed by atoms with Crippen molar-refractivity contribution in [3.8, 4) is 11.4 Å². The molecule has 0 atom stereocenters. The van der Waals surface area contributed by atoms with Crippen molar-refractivity contribution in [2.75, 3.05) is 7.05 Å². The monoisotopic (exact) mass is 337 g/mol. The molecule has 0 bridgehead atoms. The molecule has 0 amide bonds. The molecular weight excluding hydrogens is 320 g/mol. The van der Waals surface area contributed by atoms with Crippen LogP contribution < -0.4 is 0 Å². The van der Waals surface area contributed by atoms with Crippen molar-refractivity contribution < 1.29 is 8.78 Å². The summed E-state index contributed by atoms with van der Waals surface area (Å²) < 4.78 is 29.4. The minimum absolute atomic E-state index is 0.117. The molecule has 0 spiro atoms. The third-order valence-electron chi connectivity index (χ3n) is 3.72. The van der Waals surface area contributed by atoms with Crippen molar-refractivity contribution in [3.63, 3.8) is 0 Å². The first-order chi connectivity index (χ1) is 12.0. The molecular formula is C20H17F2N3. The number of halogens is 2. The molecule has 0 aliphatic rings. The summed E-state index contributed by atoms with van der Waals surface area (Å²) >= 11 is 0. The maximum absolute atomic E-state index is 14.1. The van der Waals surface area contributed by atoms with Crippen LogP contribution >= 0.6 is 0 Å². The van der Waals surface area contributed by atoms with Crippen LogP contribution in [0, 0.1) is 11.6 Å². The van der Waals surface area contributed by atoms with Crippen LogP contribution in [0.4, 0.5) is 8.78 Å². The first kappa shape index (κ1) is 16.8. The van der Waals surface area contributed by atoms with Crippen molar-refractivity contribution in [1.29, 1.82) is 0 Å². The van der Waals surface area contributed by atoms with Crippen LogP contribution in [0.2, 0.25) is 0 Å². The van der Waals surface area contributed by atoms with E-state index in [4.69, 9.17) is 0 Å². The van der Waals surface area contributed by atoms with Gasteiger partial charge in [0.25, 0.3) is 0 Å². The smallest absolute Gasteiger partial charge is 0.147 e. The van der Waals surface area contributed by atoms with Gasteiger partial charge in [0.05, 0.1) is 17.3 Å². The number of aromatic nitrogens is 2. The zero-order valence-electron chi connectivity index (χ0n) is 14.0. The quantitative estimate of drug-likeness (QED) is 0.490. The van der Waals surface area contributed by atoms with Crippen molar-refractivity contribution in [2.45, 2.75) is 6.92 Å². The predicted octanol–water partition coefficient (Wildman–Crippen LogP) is 4.94. The summed E-state index contributed by atoms with van der Waals surface area (Å²) in [6, 6.07) is 7.10. The number of pyridine rings is 1. The Kier molecular flexibility index (Phi) is 4.57. The minimum Gasteiger partial charge on any atom is -0.299 e. The van der Waals surface area contributed by atoms with E-state index in [0.717, 1.165) is 40.4 Å². The topological polar surface area (TPSA) is 29.7 Å². The number of hydrogen-bond donors (Lipinski definition) is 0. The number of allylic oxidation sites excluding steroid dienone is 3. The summed E-state index contributed by atoms with van der Waals surface area (Å²) in [4.78, 5) is 8.40. The van der Waals surface area contributed by atoms with Gasteiger partial charge in [-0.2, -0.15) is 0 Å². The Morgan fingerprint density at radius 1 is 1.28 bits per heavy atom. The molecule has 126 valence electrons. The van der Waals surface area contributed by atoms with E-state index in [9.17, 15) is 8.78 Å². The molecule has 0 N–H and O–H groups in total. The zero-order valence-corrected chi connectivity index (χ0v) is 14.0. The van der Waals surface area contributed by atoms with Gasteiger partial charge in [-0.1, -0.05) is 24.3 Å². The molecule has 0 aliphatic heterocycles. The largest absolute Gasteiger partial charge is 0.299 e. The van der Waals surface area contributed by atoms with Crippen LogP contribution in [-0.2, 0) is 0 Å². The number of imidazole rings is 1. The van der Waals surface area contributed by atoms with Gasteiger partial charge in [0, 0.05) is 30.6 Å². The van der Waals surface area contributed by atoms with Gasteiger partial charge >= 0.3 is 0 Å². The second-order valence-corrected chi connectivity index (χ2v) is 5.72. The average Bonchev–Trinajstić information content (AvgIpc) is 3.00. The van der Waals surface area contributed by atoms with Gasteiger partial charge in [-0.25, -0.2) is 13.8 Å². The Morgan fingerprint density at radius 3 is 2.80 bits per heavy atom. The van der Waals surface area contributed by atoms with Crippen LogP contribution in [0.3, 0.4) is 0 Å². The maximum Gasteiger partial charge on any atom is 0.147 e. The molecule has 0 radical (unpaired) electrons. The minimum atomic E-state index is -0.521. The molecule has 0 aliphatic carbocycles.